The second-order valence-electron chi connectivity index (χ2n) is 6.01. The molecule has 1 amide bonds. The Morgan fingerprint density at radius 3 is 2.41 bits per heavy atom. The molecule has 0 aliphatic rings. The molecule has 0 fully saturated rings. The van der Waals surface area contributed by atoms with Crippen LogP contribution in [0.1, 0.15) is 13.3 Å². The second kappa shape index (κ2) is 8.85. The standard InChI is InChI=1S/C22H21NO4/c1-2-20(27-17-11-4-3-5-12-17)22(25)26-15-21(24)23-19-14-8-10-16-9-6-7-13-18(16)19/h3-14,20H,2,15H2,1H3,(H,23,24)/t20-/m0/s1. The van der Waals surface area contributed by atoms with E-state index in [0.29, 0.717) is 17.9 Å². The molecule has 0 aromatic heterocycles. The van der Waals surface area contributed by atoms with E-state index in [0.717, 1.165) is 10.8 Å². The van der Waals surface area contributed by atoms with Crippen LogP contribution in [0.25, 0.3) is 10.8 Å². The maximum atomic E-state index is 12.2. The van der Waals surface area contributed by atoms with E-state index < -0.39 is 18.0 Å². The molecule has 3 rings (SSSR count). The van der Waals surface area contributed by atoms with Crippen LogP contribution in [0.15, 0.2) is 72.8 Å². The molecule has 0 spiro atoms. The van der Waals surface area contributed by atoms with Gasteiger partial charge < -0.3 is 14.8 Å². The highest BCUT2D eigenvalue weighted by Crippen LogP contribution is 2.22. The number of ether oxygens (including phenoxy) is 2. The van der Waals surface area contributed by atoms with Gasteiger partial charge in [0.05, 0.1) is 0 Å². The van der Waals surface area contributed by atoms with E-state index in [2.05, 4.69) is 5.32 Å². The van der Waals surface area contributed by atoms with E-state index in [1.807, 2.05) is 67.6 Å². The summed E-state index contributed by atoms with van der Waals surface area (Å²) in [5.74, 6) is -0.370. The molecule has 0 saturated heterocycles. The first-order valence-corrected chi connectivity index (χ1v) is 8.83. The van der Waals surface area contributed by atoms with Crippen molar-refractivity contribution in [1.82, 2.24) is 0 Å². The van der Waals surface area contributed by atoms with Gasteiger partial charge in [-0.05, 0) is 30.0 Å². The van der Waals surface area contributed by atoms with Gasteiger partial charge in [-0.25, -0.2) is 4.79 Å². The average Bonchev–Trinajstić information content (AvgIpc) is 2.71. The molecule has 1 N–H and O–H groups in total. The smallest absolute Gasteiger partial charge is 0.347 e. The normalized spacial score (nSPS) is 11.6. The molecule has 0 bridgehead atoms. The zero-order chi connectivity index (χ0) is 19.1. The summed E-state index contributed by atoms with van der Waals surface area (Å²) >= 11 is 0. The van der Waals surface area contributed by atoms with Crippen LogP contribution in [0.3, 0.4) is 0 Å². The molecule has 0 radical (unpaired) electrons. The highest BCUT2D eigenvalue weighted by atomic mass is 16.6. The minimum Gasteiger partial charge on any atom is -0.479 e. The number of benzene rings is 3. The minimum atomic E-state index is -0.752. The van der Waals surface area contributed by atoms with Crippen molar-refractivity contribution < 1.29 is 19.1 Å². The fraction of sp³-hybridized carbons (Fsp3) is 0.182. The number of esters is 1. The number of hydrogen-bond acceptors (Lipinski definition) is 4. The van der Waals surface area contributed by atoms with Gasteiger partial charge in [-0.15, -0.1) is 0 Å². The first-order chi connectivity index (χ1) is 13.2. The van der Waals surface area contributed by atoms with Crippen molar-refractivity contribution in [2.45, 2.75) is 19.4 Å². The number of nitrogens with one attached hydrogen (secondary N) is 1. The molecule has 27 heavy (non-hydrogen) atoms. The maximum Gasteiger partial charge on any atom is 0.347 e. The van der Waals surface area contributed by atoms with Crippen molar-refractivity contribution in [2.24, 2.45) is 0 Å². The summed E-state index contributed by atoms with van der Waals surface area (Å²) in [4.78, 5) is 24.4. The second-order valence-corrected chi connectivity index (χ2v) is 6.01. The predicted molar refractivity (Wildman–Crippen MR) is 105 cm³/mol. The molecule has 0 aliphatic carbocycles. The number of anilines is 1. The number of hydrogen-bond donors (Lipinski definition) is 1. The van der Waals surface area contributed by atoms with Gasteiger partial charge in [0.25, 0.3) is 5.91 Å². The molecule has 0 heterocycles. The molecule has 0 aliphatic heterocycles. The van der Waals surface area contributed by atoms with Gasteiger partial charge in [-0.1, -0.05) is 61.5 Å². The number of amides is 1. The number of para-hydroxylation sites is 1. The minimum absolute atomic E-state index is 0.364. The van der Waals surface area contributed by atoms with Crippen LogP contribution in [0.5, 0.6) is 5.75 Å². The lowest BCUT2D eigenvalue weighted by Gasteiger charge is -2.16. The van der Waals surface area contributed by atoms with Crippen molar-refractivity contribution in [3.05, 3.63) is 72.8 Å². The summed E-state index contributed by atoms with van der Waals surface area (Å²) in [6, 6.07) is 22.4. The third-order valence-electron chi connectivity index (χ3n) is 4.06. The lowest BCUT2D eigenvalue weighted by atomic mass is 10.1. The average molecular weight is 363 g/mol. The summed E-state index contributed by atoms with van der Waals surface area (Å²) in [6.45, 7) is 1.46. The van der Waals surface area contributed by atoms with Crippen molar-refractivity contribution in [2.75, 3.05) is 11.9 Å². The lowest BCUT2D eigenvalue weighted by Crippen LogP contribution is -2.31. The van der Waals surface area contributed by atoms with Crippen LogP contribution in [-0.4, -0.2) is 24.6 Å². The topological polar surface area (TPSA) is 64.6 Å². The van der Waals surface area contributed by atoms with Crippen molar-refractivity contribution in [3.63, 3.8) is 0 Å². The third kappa shape index (κ3) is 4.85. The monoisotopic (exact) mass is 363 g/mol. The van der Waals surface area contributed by atoms with Crippen molar-refractivity contribution >= 4 is 28.3 Å². The lowest BCUT2D eigenvalue weighted by molar-refractivity contribution is -0.154. The summed E-state index contributed by atoms with van der Waals surface area (Å²) < 4.78 is 10.8. The molecular weight excluding hydrogens is 342 g/mol. The van der Waals surface area contributed by atoms with Gasteiger partial charge in [0.1, 0.15) is 5.75 Å². The molecule has 5 heteroatoms. The van der Waals surface area contributed by atoms with Gasteiger partial charge in [-0.3, -0.25) is 4.79 Å². The van der Waals surface area contributed by atoms with Gasteiger partial charge in [0, 0.05) is 11.1 Å². The van der Waals surface area contributed by atoms with E-state index in [1.165, 1.54) is 0 Å². The largest absolute Gasteiger partial charge is 0.479 e. The van der Waals surface area contributed by atoms with Gasteiger partial charge in [0.15, 0.2) is 12.7 Å². The summed E-state index contributed by atoms with van der Waals surface area (Å²) in [5.41, 5.74) is 0.682. The van der Waals surface area contributed by atoms with Crippen LogP contribution >= 0.6 is 0 Å². The molecule has 5 nitrogen and oxygen atoms in total. The van der Waals surface area contributed by atoms with E-state index in [1.54, 1.807) is 12.1 Å². The first-order valence-electron chi connectivity index (χ1n) is 8.83. The Labute approximate surface area is 157 Å². The highest BCUT2D eigenvalue weighted by Gasteiger charge is 2.21. The Morgan fingerprint density at radius 1 is 0.926 bits per heavy atom. The molecule has 138 valence electrons. The summed E-state index contributed by atoms with van der Waals surface area (Å²) in [5, 5.41) is 4.74. The van der Waals surface area contributed by atoms with E-state index in [-0.39, 0.29) is 6.61 Å². The predicted octanol–water partition coefficient (Wildman–Crippen LogP) is 4.18. The summed E-state index contributed by atoms with van der Waals surface area (Å²) in [6.07, 6.45) is -0.309. The molecule has 0 unspecified atom stereocenters. The number of fused-ring (bicyclic) bond motifs is 1. The van der Waals surface area contributed by atoms with E-state index in [9.17, 15) is 9.59 Å². The van der Waals surface area contributed by atoms with Gasteiger partial charge in [0.2, 0.25) is 0 Å². The fourth-order valence-electron chi connectivity index (χ4n) is 2.71. The summed E-state index contributed by atoms with van der Waals surface area (Å²) in [7, 11) is 0. The number of rotatable bonds is 7. The zero-order valence-corrected chi connectivity index (χ0v) is 15.1. The van der Waals surface area contributed by atoms with Gasteiger partial charge in [-0.2, -0.15) is 0 Å². The Bertz CT molecular complexity index is 919. The highest BCUT2D eigenvalue weighted by molar-refractivity contribution is 6.02. The molecule has 3 aromatic rings. The maximum absolute atomic E-state index is 12.2. The van der Waals surface area contributed by atoms with E-state index in [4.69, 9.17) is 9.47 Å². The SMILES string of the molecule is CC[C@H](Oc1ccccc1)C(=O)OCC(=O)Nc1cccc2ccccc12. The number of carbonyl (C=O) groups is 2. The van der Waals surface area contributed by atoms with Crippen molar-refractivity contribution in [1.29, 1.82) is 0 Å². The van der Waals surface area contributed by atoms with Gasteiger partial charge >= 0.3 is 5.97 Å². The Kier molecular flexibility index (Phi) is 6.05. The van der Waals surface area contributed by atoms with Crippen LogP contribution in [0, 0.1) is 0 Å². The van der Waals surface area contributed by atoms with Crippen LogP contribution < -0.4 is 10.1 Å². The molecular formula is C22H21NO4. The molecule has 1 atom stereocenters. The quantitative estimate of drug-likeness (QED) is 0.640. The third-order valence-corrected chi connectivity index (χ3v) is 4.06. The molecule has 0 saturated carbocycles. The first kappa shape index (κ1) is 18.5. The Hall–Kier alpha value is -3.34. The van der Waals surface area contributed by atoms with Crippen LogP contribution in [0.4, 0.5) is 5.69 Å². The van der Waals surface area contributed by atoms with Crippen LogP contribution in [-0.2, 0) is 14.3 Å². The van der Waals surface area contributed by atoms with Crippen molar-refractivity contribution in [3.8, 4) is 5.75 Å². The molecule has 3 aromatic carbocycles. The fourth-order valence-corrected chi connectivity index (χ4v) is 2.71. The Morgan fingerprint density at radius 2 is 1.63 bits per heavy atom. The van der Waals surface area contributed by atoms with E-state index >= 15 is 0 Å². The zero-order valence-electron chi connectivity index (χ0n) is 15.1. The number of carbonyl (C=O) groups excluding carboxylic acids is 2. The van der Waals surface area contributed by atoms with Crippen LogP contribution in [0.2, 0.25) is 0 Å². The Balaban J connectivity index is 1.57.